The number of hydrogen-bond donors (Lipinski definition) is 2. The van der Waals surface area contributed by atoms with Crippen molar-refractivity contribution in [1.82, 2.24) is 10.2 Å². The first-order chi connectivity index (χ1) is 20.6. The van der Waals surface area contributed by atoms with Crippen LogP contribution in [-0.2, 0) is 32.5 Å². The Hall–Kier alpha value is -3.18. The van der Waals surface area contributed by atoms with Gasteiger partial charge in [0.1, 0.15) is 6.04 Å². The number of benzene rings is 3. The molecule has 0 aromatic heterocycles. The minimum atomic E-state index is -3.24. The number of carbonyl (C=O) groups is 2. The van der Waals surface area contributed by atoms with Crippen LogP contribution in [0.1, 0.15) is 39.9 Å². The van der Waals surface area contributed by atoms with E-state index in [0.29, 0.717) is 56.0 Å². The fraction of sp³-hybridized carbons (Fsp3) is 0.394. The number of sulfone groups is 1. The van der Waals surface area contributed by atoms with E-state index in [9.17, 15) is 23.1 Å². The summed E-state index contributed by atoms with van der Waals surface area (Å²) in [7, 11) is -3.24. The normalized spacial score (nSPS) is 17.9. The third kappa shape index (κ3) is 8.92. The average Bonchev–Trinajstić information content (AvgIpc) is 3.39. The molecule has 1 heterocycles. The Balaban J connectivity index is 1.60. The summed E-state index contributed by atoms with van der Waals surface area (Å²) in [6.07, 6.45) is 4.00. The maximum Gasteiger partial charge on any atom is 0.326 e. The number of rotatable bonds is 14. The Bertz CT molecular complexity index is 1510. The SMILES string of the molecule is CSCC[C@H](NC(=O)c1ccc(CN2C[C@@H](S(C)(=O)=O)C[C@@H]2COCc2ccccc2)cc1-c1ccccc1C)C(=O)O. The van der Waals surface area contributed by atoms with Crippen molar-refractivity contribution < 1.29 is 27.9 Å². The van der Waals surface area contributed by atoms with Gasteiger partial charge in [0.25, 0.3) is 5.91 Å². The number of carboxylic acid groups (broad SMARTS) is 1. The molecular weight excluding hydrogens is 585 g/mol. The Kier molecular flexibility index (Phi) is 11.4. The zero-order valence-electron chi connectivity index (χ0n) is 24.9. The van der Waals surface area contributed by atoms with Crippen molar-refractivity contribution in [2.75, 3.05) is 31.4 Å². The molecular formula is C33H40N2O6S2. The van der Waals surface area contributed by atoms with Crippen LogP contribution in [-0.4, -0.2) is 79.1 Å². The van der Waals surface area contributed by atoms with Gasteiger partial charge in [-0.15, -0.1) is 0 Å². The van der Waals surface area contributed by atoms with Gasteiger partial charge in [-0.2, -0.15) is 11.8 Å². The number of amides is 1. The van der Waals surface area contributed by atoms with E-state index in [-0.39, 0.29) is 6.04 Å². The summed E-state index contributed by atoms with van der Waals surface area (Å²) in [5, 5.41) is 11.9. The fourth-order valence-corrected chi connectivity index (χ4v) is 6.96. The van der Waals surface area contributed by atoms with Crippen molar-refractivity contribution in [3.63, 3.8) is 0 Å². The number of thioether (sulfide) groups is 1. The number of aliphatic carboxylic acids is 1. The molecule has 0 spiro atoms. The predicted octanol–water partition coefficient (Wildman–Crippen LogP) is 4.80. The highest BCUT2D eigenvalue weighted by atomic mass is 32.2. The summed E-state index contributed by atoms with van der Waals surface area (Å²) in [5.74, 6) is -0.892. The van der Waals surface area contributed by atoms with E-state index in [1.807, 2.05) is 79.9 Å². The van der Waals surface area contributed by atoms with Crippen LogP contribution in [0.3, 0.4) is 0 Å². The number of likely N-dealkylation sites (tertiary alicyclic amines) is 1. The third-order valence-electron chi connectivity index (χ3n) is 7.88. The summed E-state index contributed by atoms with van der Waals surface area (Å²) < 4.78 is 31.1. The molecule has 43 heavy (non-hydrogen) atoms. The maximum atomic E-state index is 13.4. The summed E-state index contributed by atoms with van der Waals surface area (Å²) >= 11 is 1.53. The molecule has 230 valence electrons. The first-order valence-electron chi connectivity index (χ1n) is 14.3. The highest BCUT2D eigenvalue weighted by Crippen LogP contribution is 2.31. The smallest absolute Gasteiger partial charge is 0.326 e. The second-order valence-electron chi connectivity index (χ2n) is 11.1. The van der Waals surface area contributed by atoms with Crippen LogP contribution in [0.4, 0.5) is 0 Å². The number of aryl methyl sites for hydroxylation is 1. The largest absolute Gasteiger partial charge is 0.480 e. The van der Waals surface area contributed by atoms with E-state index in [4.69, 9.17) is 4.74 Å². The zero-order chi connectivity index (χ0) is 31.0. The predicted molar refractivity (Wildman–Crippen MR) is 172 cm³/mol. The van der Waals surface area contributed by atoms with Crippen molar-refractivity contribution in [2.24, 2.45) is 0 Å². The molecule has 0 aliphatic carbocycles. The van der Waals surface area contributed by atoms with E-state index >= 15 is 0 Å². The Morgan fingerprint density at radius 2 is 1.77 bits per heavy atom. The number of ether oxygens (including phenoxy) is 1. The number of nitrogens with one attached hydrogen (secondary N) is 1. The number of carboxylic acids is 1. The molecule has 1 aliphatic rings. The highest BCUT2D eigenvalue weighted by molar-refractivity contribution is 7.98. The van der Waals surface area contributed by atoms with Crippen molar-refractivity contribution >= 4 is 33.5 Å². The van der Waals surface area contributed by atoms with Gasteiger partial charge in [-0.05, 0) is 71.7 Å². The van der Waals surface area contributed by atoms with Crippen molar-refractivity contribution in [3.05, 3.63) is 95.1 Å². The molecule has 3 aromatic carbocycles. The van der Waals surface area contributed by atoms with Gasteiger partial charge in [-0.25, -0.2) is 13.2 Å². The minimum Gasteiger partial charge on any atom is -0.480 e. The topological polar surface area (TPSA) is 113 Å². The maximum absolute atomic E-state index is 13.4. The van der Waals surface area contributed by atoms with Crippen molar-refractivity contribution in [3.8, 4) is 11.1 Å². The molecule has 10 heteroatoms. The lowest BCUT2D eigenvalue weighted by molar-refractivity contribution is -0.139. The molecule has 3 aromatic rings. The molecule has 8 nitrogen and oxygen atoms in total. The Labute approximate surface area is 258 Å². The molecule has 1 aliphatic heterocycles. The second kappa shape index (κ2) is 15.0. The van der Waals surface area contributed by atoms with E-state index in [0.717, 1.165) is 22.3 Å². The molecule has 0 bridgehead atoms. The van der Waals surface area contributed by atoms with Crippen LogP contribution in [0.2, 0.25) is 0 Å². The summed E-state index contributed by atoms with van der Waals surface area (Å²) in [6.45, 7) is 3.70. The quantitative estimate of drug-likeness (QED) is 0.263. The monoisotopic (exact) mass is 624 g/mol. The zero-order valence-corrected chi connectivity index (χ0v) is 26.5. The standard InChI is InChI=1S/C33H40N2O6S2/c1-23-9-7-8-12-28(23)30-17-25(13-14-29(30)32(36)34-31(33(37)38)15-16-42-2)19-35-20-27(43(3,39)40)18-26(35)22-41-21-24-10-5-4-6-11-24/h4-14,17,26-27,31H,15-16,18-22H2,1-3H3,(H,34,36)(H,37,38)/t26-,27+,31+/m1/s1. The van der Waals surface area contributed by atoms with Crippen LogP contribution in [0.15, 0.2) is 72.8 Å². The van der Waals surface area contributed by atoms with Gasteiger partial charge in [0, 0.05) is 31.0 Å². The third-order valence-corrected chi connectivity index (χ3v) is 10.1. The van der Waals surface area contributed by atoms with Crippen LogP contribution in [0.5, 0.6) is 0 Å². The Morgan fingerprint density at radius 1 is 1.05 bits per heavy atom. The first kappa shape index (κ1) is 32.7. The van der Waals surface area contributed by atoms with Gasteiger partial charge in [0.2, 0.25) is 0 Å². The second-order valence-corrected chi connectivity index (χ2v) is 14.4. The van der Waals surface area contributed by atoms with Crippen LogP contribution in [0.25, 0.3) is 11.1 Å². The van der Waals surface area contributed by atoms with Gasteiger partial charge in [-0.3, -0.25) is 9.69 Å². The summed E-state index contributed by atoms with van der Waals surface area (Å²) in [6, 6.07) is 22.1. The fourth-order valence-electron chi connectivity index (χ4n) is 5.45. The average molecular weight is 625 g/mol. The molecule has 2 N–H and O–H groups in total. The van der Waals surface area contributed by atoms with Crippen molar-refractivity contribution in [2.45, 2.75) is 50.3 Å². The summed E-state index contributed by atoms with van der Waals surface area (Å²) in [5.41, 5.74) is 4.95. The van der Waals surface area contributed by atoms with Gasteiger partial charge in [-0.1, -0.05) is 60.7 Å². The van der Waals surface area contributed by atoms with Crippen LogP contribution in [0, 0.1) is 6.92 Å². The van der Waals surface area contributed by atoms with E-state index in [1.54, 1.807) is 6.07 Å². The molecule has 1 saturated heterocycles. The molecule has 0 unspecified atom stereocenters. The molecule has 4 rings (SSSR count). The van der Waals surface area contributed by atoms with Crippen LogP contribution >= 0.6 is 11.8 Å². The van der Waals surface area contributed by atoms with E-state index < -0.39 is 33.0 Å². The highest BCUT2D eigenvalue weighted by Gasteiger charge is 2.37. The van der Waals surface area contributed by atoms with Gasteiger partial charge >= 0.3 is 5.97 Å². The number of nitrogens with zero attached hydrogens (tertiary/aromatic N) is 1. The van der Waals surface area contributed by atoms with Gasteiger partial charge in [0.15, 0.2) is 9.84 Å². The Morgan fingerprint density at radius 3 is 2.44 bits per heavy atom. The molecule has 3 atom stereocenters. The lowest BCUT2D eigenvalue weighted by atomic mass is 9.93. The summed E-state index contributed by atoms with van der Waals surface area (Å²) in [4.78, 5) is 27.4. The lowest BCUT2D eigenvalue weighted by Gasteiger charge is -2.25. The van der Waals surface area contributed by atoms with Gasteiger partial charge < -0.3 is 15.2 Å². The molecule has 1 fully saturated rings. The number of hydrogen-bond acceptors (Lipinski definition) is 7. The molecule has 0 radical (unpaired) electrons. The number of carbonyl (C=O) groups excluding carboxylic acids is 1. The molecule has 0 saturated carbocycles. The lowest BCUT2D eigenvalue weighted by Crippen LogP contribution is -2.41. The van der Waals surface area contributed by atoms with E-state index in [2.05, 4.69) is 10.2 Å². The van der Waals surface area contributed by atoms with Gasteiger partial charge in [0.05, 0.1) is 18.5 Å². The minimum absolute atomic E-state index is 0.0823. The first-order valence-corrected chi connectivity index (χ1v) is 17.7. The molecule has 1 amide bonds. The van der Waals surface area contributed by atoms with E-state index in [1.165, 1.54) is 18.0 Å². The van der Waals surface area contributed by atoms with Crippen LogP contribution < -0.4 is 5.32 Å². The van der Waals surface area contributed by atoms with Crippen molar-refractivity contribution in [1.29, 1.82) is 0 Å².